The third kappa shape index (κ3) is 5.83. The van der Waals surface area contributed by atoms with Crippen molar-refractivity contribution in [3.63, 3.8) is 0 Å². The number of rotatable bonds is 7. The molecule has 1 saturated heterocycles. The van der Waals surface area contributed by atoms with Crippen LogP contribution < -0.4 is 10.6 Å². The molecule has 0 unspecified atom stereocenters. The molecule has 1 aliphatic rings. The molecule has 0 radical (unpaired) electrons. The summed E-state index contributed by atoms with van der Waals surface area (Å²) in [6.45, 7) is 6.99. The van der Waals surface area contributed by atoms with E-state index >= 15 is 0 Å². The minimum atomic E-state index is -0.215. The monoisotopic (exact) mass is 442 g/mol. The summed E-state index contributed by atoms with van der Waals surface area (Å²) in [5.41, 5.74) is 3.22. The van der Waals surface area contributed by atoms with E-state index in [9.17, 15) is 4.39 Å². The Labute approximate surface area is 187 Å². The van der Waals surface area contributed by atoms with Crippen molar-refractivity contribution in [2.75, 3.05) is 33.2 Å². The highest BCUT2D eigenvalue weighted by Crippen LogP contribution is 2.20. The summed E-state index contributed by atoms with van der Waals surface area (Å²) >= 11 is 1.73. The van der Waals surface area contributed by atoms with Gasteiger partial charge in [0.2, 0.25) is 0 Å². The number of H-pyrrole nitrogens is 1. The van der Waals surface area contributed by atoms with Crippen LogP contribution in [0.15, 0.2) is 34.8 Å². The van der Waals surface area contributed by atoms with E-state index in [2.05, 4.69) is 42.8 Å². The van der Waals surface area contributed by atoms with E-state index in [1.807, 2.05) is 19.3 Å². The van der Waals surface area contributed by atoms with Crippen LogP contribution in [0.25, 0.3) is 10.9 Å². The second-order valence-corrected chi connectivity index (χ2v) is 9.27. The Morgan fingerprint density at radius 3 is 2.90 bits per heavy atom. The number of nitrogens with one attached hydrogen (secondary N) is 3. The number of likely N-dealkylation sites (tertiary alicyclic amines) is 1. The molecule has 0 aliphatic carbocycles. The Kier molecular flexibility index (Phi) is 7.19. The van der Waals surface area contributed by atoms with Crippen molar-refractivity contribution in [2.24, 2.45) is 10.9 Å². The lowest BCUT2D eigenvalue weighted by molar-refractivity contribution is 0.176. The quantitative estimate of drug-likeness (QED) is 0.386. The Hall–Kier alpha value is -2.45. The number of aryl methyl sites for hydroxylation is 1. The van der Waals surface area contributed by atoms with E-state index in [4.69, 9.17) is 0 Å². The molecule has 2 aromatic heterocycles. The minimum Gasteiger partial charge on any atom is -0.361 e. The predicted molar refractivity (Wildman–Crippen MR) is 126 cm³/mol. The number of guanidine groups is 1. The van der Waals surface area contributed by atoms with Crippen LogP contribution in [-0.4, -0.2) is 54.1 Å². The number of hydrogen-bond acceptors (Lipinski definition) is 4. The van der Waals surface area contributed by atoms with Gasteiger partial charge in [0, 0.05) is 49.2 Å². The van der Waals surface area contributed by atoms with Crippen LogP contribution in [0.4, 0.5) is 4.39 Å². The number of thiazole rings is 1. The second kappa shape index (κ2) is 10.2. The number of halogens is 1. The highest BCUT2D eigenvalue weighted by atomic mass is 32.1. The van der Waals surface area contributed by atoms with Gasteiger partial charge in [-0.3, -0.25) is 9.89 Å². The Morgan fingerprint density at radius 1 is 1.32 bits per heavy atom. The Bertz CT molecular complexity index is 1020. The fourth-order valence-corrected chi connectivity index (χ4v) is 4.80. The van der Waals surface area contributed by atoms with Crippen molar-refractivity contribution in [3.05, 3.63) is 51.9 Å². The van der Waals surface area contributed by atoms with Crippen molar-refractivity contribution < 1.29 is 4.39 Å². The van der Waals surface area contributed by atoms with E-state index in [1.54, 1.807) is 11.3 Å². The maximum atomic E-state index is 13.3. The molecular weight excluding hydrogens is 411 g/mol. The smallest absolute Gasteiger partial charge is 0.190 e. The number of aromatic nitrogens is 2. The first kappa shape index (κ1) is 21.8. The van der Waals surface area contributed by atoms with Crippen molar-refractivity contribution in [2.45, 2.75) is 32.7 Å². The summed E-state index contributed by atoms with van der Waals surface area (Å²) < 4.78 is 13.3. The second-order valence-electron chi connectivity index (χ2n) is 8.21. The molecule has 4 rings (SSSR count). The van der Waals surface area contributed by atoms with Gasteiger partial charge in [-0.2, -0.15) is 0 Å². The maximum absolute atomic E-state index is 13.3. The van der Waals surface area contributed by atoms with E-state index in [0.29, 0.717) is 5.92 Å². The van der Waals surface area contributed by atoms with Gasteiger partial charge in [0.05, 0.1) is 10.7 Å². The molecule has 166 valence electrons. The van der Waals surface area contributed by atoms with E-state index in [-0.39, 0.29) is 5.82 Å². The fraction of sp³-hybridized carbons (Fsp3) is 0.478. The molecule has 3 N–H and O–H groups in total. The van der Waals surface area contributed by atoms with Crippen LogP contribution in [0, 0.1) is 18.7 Å². The molecule has 1 aromatic carbocycles. The van der Waals surface area contributed by atoms with Crippen LogP contribution in [0.5, 0.6) is 0 Å². The number of aromatic amines is 1. The highest BCUT2D eigenvalue weighted by Gasteiger charge is 2.20. The SMILES string of the molecule is CN=C(NCCc1c[nH]c2cc(F)ccc12)NCC1CCN(Cc2csc(C)n2)CC1. The lowest BCUT2D eigenvalue weighted by Crippen LogP contribution is -2.43. The largest absolute Gasteiger partial charge is 0.361 e. The van der Waals surface area contributed by atoms with Gasteiger partial charge in [0.1, 0.15) is 5.82 Å². The maximum Gasteiger partial charge on any atom is 0.190 e. The lowest BCUT2D eigenvalue weighted by Gasteiger charge is -2.31. The van der Waals surface area contributed by atoms with Crippen molar-refractivity contribution >= 4 is 28.2 Å². The van der Waals surface area contributed by atoms with Crippen LogP contribution >= 0.6 is 11.3 Å². The zero-order chi connectivity index (χ0) is 21.6. The molecule has 6 nitrogen and oxygen atoms in total. The molecule has 0 atom stereocenters. The van der Waals surface area contributed by atoms with Crippen molar-refractivity contribution in [3.8, 4) is 0 Å². The number of benzene rings is 1. The van der Waals surface area contributed by atoms with Gasteiger partial charge in [-0.15, -0.1) is 11.3 Å². The average molecular weight is 443 g/mol. The molecule has 0 amide bonds. The molecule has 8 heteroatoms. The normalized spacial score (nSPS) is 16.2. The third-order valence-corrected chi connectivity index (χ3v) is 6.78. The van der Waals surface area contributed by atoms with E-state index in [0.717, 1.165) is 61.0 Å². The van der Waals surface area contributed by atoms with Crippen molar-refractivity contribution in [1.29, 1.82) is 0 Å². The van der Waals surface area contributed by atoms with Gasteiger partial charge in [-0.25, -0.2) is 9.37 Å². The molecular formula is C23H31FN6S. The standard InChI is InChI=1S/C23H31FN6S/c1-16-29-20(15-31-16)14-30-9-6-17(7-10-30)12-28-23(25-2)26-8-5-18-13-27-22-11-19(24)3-4-21(18)22/h3-4,11,13,15,17,27H,5-10,12,14H2,1-2H3,(H2,25,26,28). The van der Waals surface area contributed by atoms with Crippen LogP contribution in [-0.2, 0) is 13.0 Å². The molecule has 0 saturated carbocycles. The first-order valence-electron chi connectivity index (χ1n) is 10.9. The summed E-state index contributed by atoms with van der Waals surface area (Å²) in [4.78, 5) is 14.6. The van der Waals surface area contributed by atoms with Gasteiger partial charge in [0.15, 0.2) is 5.96 Å². The van der Waals surface area contributed by atoms with Crippen LogP contribution in [0.1, 0.15) is 29.1 Å². The average Bonchev–Trinajstić information content (AvgIpc) is 3.37. The van der Waals surface area contributed by atoms with Gasteiger partial charge >= 0.3 is 0 Å². The molecule has 3 aromatic rings. The van der Waals surface area contributed by atoms with Crippen LogP contribution in [0.2, 0.25) is 0 Å². The number of fused-ring (bicyclic) bond motifs is 1. The highest BCUT2D eigenvalue weighted by molar-refractivity contribution is 7.09. The van der Waals surface area contributed by atoms with Gasteiger partial charge in [0.25, 0.3) is 0 Å². The van der Waals surface area contributed by atoms with Crippen molar-refractivity contribution in [1.82, 2.24) is 25.5 Å². The molecule has 1 aliphatic heterocycles. The molecule has 3 heterocycles. The van der Waals surface area contributed by atoms with Gasteiger partial charge < -0.3 is 15.6 Å². The minimum absolute atomic E-state index is 0.215. The summed E-state index contributed by atoms with van der Waals surface area (Å²) in [6.07, 6.45) is 5.20. The summed E-state index contributed by atoms with van der Waals surface area (Å²) in [5.74, 6) is 1.29. The van der Waals surface area contributed by atoms with Gasteiger partial charge in [-0.05, 0) is 69.0 Å². The van der Waals surface area contributed by atoms with E-state index < -0.39 is 0 Å². The zero-order valence-corrected chi connectivity index (χ0v) is 19.1. The topological polar surface area (TPSA) is 68.3 Å². The first-order valence-corrected chi connectivity index (χ1v) is 11.8. The summed E-state index contributed by atoms with van der Waals surface area (Å²) in [7, 11) is 1.81. The molecule has 1 fully saturated rings. The van der Waals surface area contributed by atoms with Crippen LogP contribution in [0.3, 0.4) is 0 Å². The number of hydrogen-bond donors (Lipinski definition) is 3. The fourth-order valence-electron chi connectivity index (χ4n) is 4.20. The summed E-state index contributed by atoms with van der Waals surface area (Å²) in [5, 5.41) is 11.3. The van der Waals surface area contributed by atoms with E-state index in [1.165, 1.54) is 36.2 Å². The number of piperidine rings is 1. The van der Waals surface area contributed by atoms with Gasteiger partial charge in [-0.1, -0.05) is 0 Å². The zero-order valence-electron chi connectivity index (χ0n) is 18.2. The molecule has 31 heavy (non-hydrogen) atoms. The summed E-state index contributed by atoms with van der Waals surface area (Å²) in [6, 6.07) is 4.89. The number of nitrogens with zero attached hydrogens (tertiary/aromatic N) is 3. The Morgan fingerprint density at radius 2 is 2.16 bits per heavy atom. The Balaban J connectivity index is 1.17. The lowest BCUT2D eigenvalue weighted by atomic mass is 9.97. The third-order valence-electron chi connectivity index (χ3n) is 5.96. The first-order chi connectivity index (χ1) is 15.1. The number of aliphatic imine (C=N–C) groups is 1. The molecule has 0 spiro atoms. The predicted octanol–water partition coefficient (Wildman–Crippen LogP) is 3.69. The molecule has 0 bridgehead atoms.